The number of halogens is 1. The summed E-state index contributed by atoms with van der Waals surface area (Å²) in [7, 11) is 1.59. The van der Waals surface area contributed by atoms with Crippen molar-refractivity contribution in [1.82, 2.24) is 0 Å². The summed E-state index contributed by atoms with van der Waals surface area (Å²) in [6, 6.07) is 7.82. The van der Waals surface area contributed by atoms with Crippen molar-refractivity contribution in [2.45, 2.75) is 20.3 Å². The van der Waals surface area contributed by atoms with E-state index in [1.165, 1.54) is 0 Å². The SMILES string of the molecule is COc1ccc(NCCC(C)(C)C#N)cc1Cl. The van der Waals surface area contributed by atoms with Crippen molar-refractivity contribution in [3.8, 4) is 11.8 Å². The molecule has 4 heteroatoms. The van der Waals surface area contributed by atoms with Crippen LogP contribution in [0.25, 0.3) is 0 Å². The molecule has 0 radical (unpaired) electrons. The van der Waals surface area contributed by atoms with Crippen molar-refractivity contribution in [2.75, 3.05) is 19.0 Å². The van der Waals surface area contributed by atoms with Gasteiger partial charge in [-0.1, -0.05) is 11.6 Å². The fourth-order valence-corrected chi connectivity index (χ4v) is 1.61. The molecule has 0 saturated heterocycles. The first kappa shape index (κ1) is 13.7. The predicted octanol–water partition coefficient (Wildman–Crippen LogP) is 3.70. The first-order chi connectivity index (χ1) is 7.98. The van der Waals surface area contributed by atoms with Gasteiger partial charge in [0.1, 0.15) is 5.75 Å². The second kappa shape index (κ2) is 5.79. The Morgan fingerprint density at radius 2 is 2.18 bits per heavy atom. The number of ether oxygens (including phenoxy) is 1. The van der Waals surface area contributed by atoms with E-state index in [0.29, 0.717) is 10.8 Å². The molecule has 0 atom stereocenters. The van der Waals surface area contributed by atoms with E-state index in [1.54, 1.807) is 7.11 Å². The number of nitrogens with zero attached hydrogens (tertiary/aromatic N) is 1. The number of methoxy groups -OCH3 is 1. The van der Waals surface area contributed by atoms with Gasteiger partial charge in [-0.3, -0.25) is 0 Å². The van der Waals surface area contributed by atoms with E-state index in [-0.39, 0.29) is 5.41 Å². The van der Waals surface area contributed by atoms with Crippen molar-refractivity contribution >= 4 is 17.3 Å². The van der Waals surface area contributed by atoms with Gasteiger partial charge in [0.25, 0.3) is 0 Å². The number of nitriles is 1. The zero-order valence-corrected chi connectivity index (χ0v) is 11.1. The van der Waals surface area contributed by atoms with Gasteiger partial charge in [-0.25, -0.2) is 0 Å². The second-order valence-electron chi connectivity index (χ2n) is 4.52. The van der Waals surface area contributed by atoms with Gasteiger partial charge >= 0.3 is 0 Å². The molecule has 3 nitrogen and oxygen atoms in total. The highest BCUT2D eigenvalue weighted by Gasteiger charge is 2.15. The number of benzene rings is 1. The van der Waals surface area contributed by atoms with E-state index in [4.69, 9.17) is 21.6 Å². The Labute approximate surface area is 107 Å². The Morgan fingerprint density at radius 1 is 1.47 bits per heavy atom. The third kappa shape index (κ3) is 4.16. The van der Waals surface area contributed by atoms with Crippen LogP contribution >= 0.6 is 11.6 Å². The standard InChI is InChI=1S/C13H17ClN2O/c1-13(2,9-15)6-7-16-10-4-5-12(17-3)11(14)8-10/h4-5,8,16H,6-7H2,1-3H3. The summed E-state index contributed by atoms with van der Waals surface area (Å²) in [4.78, 5) is 0. The summed E-state index contributed by atoms with van der Waals surface area (Å²) in [5, 5.41) is 12.7. The number of rotatable bonds is 5. The Balaban J connectivity index is 2.54. The molecule has 1 aromatic carbocycles. The third-order valence-corrected chi connectivity index (χ3v) is 2.83. The quantitative estimate of drug-likeness (QED) is 0.869. The van der Waals surface area contributed by atoms with E-state index in [2.05, 4.69) is 11.4 Å². The highest BCUT2D eigenvalue weighted by atomic mass is 35.5. The maximum Gasteiger partial charge on any atom is 0.137 e. The first-order valence-electron chi connectivity index (χ1n) is 5.47. The molecule has 1 aromatic rings. The third-order valence-electron chi connectivity index (χ3n) is 2.53. The van der Waals surface area contributed by atoms with Crippen molar-refractivity contribution in [3.63, 3.8) is 0 Å². The van der Waals surface area contributed by atoms with Crippen LogP contribution in [-0.4, -0.2) is 13.7 Å². The van der Waals surface area contributed by atoms with Crippen LogP contribution in [0.1, 0.15) is 20.3 Å². The summed E-state index contributed by atoms with van der Waals surface area (Å²) < 4.78 is 5.07. The largest absolute Gasteiger partial charge is 0.495 e. The van der Waals surface area contributed by atoms with E-state index < -0.39 is 0 Å². The van der Waals surface area contributed by atoms with Crippen LogP contribution in [0, 0.1) is 16.7 Å². The Kier molecular flexibility index (Phi) is 4.65. The normalized spacial score (nSPS) is 10.8. The summed E-state index contributed by atoms with van der Waals surface area (Å²) in [5.74, 6) is 0.662. The van der Waals surface area contributed by atoms with Crippen LogP contribution in [0.2, 0.25) is 5.02 Å². The lowest BCUT2D eigenvalue weighted by Gasteiger charge is -2.16. The van der Waals surface area contributed by atoms with Gasteiger partial charge in [-0.05, 0) is 38.5 Å². The molecular formula is C13H17ClN2O. The van der Waals surface area contributed by atoms with Crippen LogP contribution in [0.15, 0.2) is 18.2 Å². The van der Waals surface area contributed by atoms with Gasteiger partial charge in [0.05, 0.1) is 23.6 Å². The second-order valence-corrected chi connectivity index (χ2v) is 4.93. The lowest BCUT2D eigenvalue weighted by molar-refractivity contribution is 0.415. The highest BCUT2D eigenvalue weighted by Crippen LogP contribution is 2.27. The van der Waals surface area contributed by atoms with E-state index >= 15 is 0 Å². The maximum atomic E-state index is 8.89. The molecule has 0 aliphatic rings. The van der Waals surface area contributed by atoms with Gasteiger partial charge in [-0.2, -0.15) is 5.26 Å². The fourth-order valence-electron chi connectivity index (χ4n) is 1.35. The summed E-state index contributed by atoms with van der Waals surface area (Å²) in [6.07, 6.45) is 0.785. The minimum atomic E-state index is -0.302. The molecular weight excluding hydrogens is 236 g/mol. The zero-order valence-electron chi connectivity index (χ0n) is 10.4. The maximum absolute atomic E-state index is 8.89. The van der Waals surface area contributed by atoms with Gasteiger partial charge in [-0.15, -0.1) is 0 Å². The lowest BCUT2D eigenvalue weighted by atomic mass is 9.91. The minimum absolute atomic E-state index is 0.302. The number of nitrogens with one attached hydrogen (secondary N) is 1. The number of anilines is 1. The lowest BCUT2D eigenvalue weighted by Crippen LogP contribution is -2.14. The van der Waals surface area contributed by atoms with Crippen molar-refractivity contribution in [3.05, 3.63) is 23.2 Å². The van der Waals surface area contributed by atoms with E-state index in [9.17, 15) is 0 Å². The van der Waals surface area contributed by atoms with Crippen LogP contribution in [0.3, 0.4) is 0 Å². The minimum Gasteiger partial charge on any atom is -0.495 e. The van der Waals surface area contributed by atoms with Crippen molar-refractivity contribution in [1.29, 1.82) is 5.26 Å². The smallest absolute Gasteiger partial charge is 0.137 e. The summed E-state index contributed by atoms with van der Waals surface area (Å²) in [6.45, 7) is 4.59. The van der Waals surface area contributed by atoms with E-state index in [0.717, 1.165) is 18.7 Å². The molecule has 0 fully saturated rings. The Morgan fingerprint density at radius 3 is 2.71 bits per heavy atom. The molecule has 92 valence electrons. The van der Waals surface area contributed by atoms with Crippen LogP contribution in [0.5, 0.6) is 5.75 Å². The molecule has 0 saturated carbocycles. The van der Waals surface area contributed by atoms with Crippen LogP contribution in [0.4, 0.5) is 5.69 Å². The molecule has 0 heterocycles. The molecule has 0 bridgehead atoms. The summed E-state index contributed by atoms with van der Waals surface area (Å²) >= 11 is 6.01. The Hall–Kier alpha value is -1.40. The molecule has 1 N–H and O–H groups in total. The molecule has 0 aliphatic carbocycles. The first-order valence-corrected chi connectivity index (χ1v) is 5.85. The molecule has 0 aromatic heterocycles. The van der Waals surface area contributed by atoms with Crippen molar-refractivity contribution in [2.24, 2.45) is 5.41 Å². The average molecular weight is 253 g/mol. The van der Waals surface area contributed by atoms with Crippen LogP contribution < -0.4 is 10.1 Å². The van der Waals surface area contributed by atoms with Gasteiger partial charge in [0.15, 0.2) is 0 Å². The van der Waals surface area contributed by atoms with Crippen molar-refractivity contribution < 1.29 is 4.74 Å². The molecule has 17 heavy (non-hydrogen) atoms. The molecule has 1 rings (SSSR count). The molecule has 0 unspecified atom stereocenters. The molecule has 0 spiro atoms. The number of hydrogen-bond acceptors (Lipinski definition) is 3. The van der Waals surface area contributed by atoms with Gasteiger partial charge in [0.2, 0.25) is 0 Å². The average Bonchev–Trinajstić information content (AvgIpc) is 2.29. The topological polar surface area (TPSA) is 45.0 Å². The predicted molar refractivity (Wildman–Crippen MR) is 70.5 cm³/mol. The summed E-state index contributed by atoms with van der Waals surface area (Å²) in [5.41, 5.74) is 0.632. The number of hydrogen-bond donors (Lipinski definition) is 1. The van der Waals surface area contributed by atoms with Crippen LogP contribution in [-0.2, 0) is 0 Å². The molecule has 0 amide bonds. The van der Waals surface area contributed by atoms with E-state index in [1.807, 2.05) is 32.0 Å². The highest BCUT2D eigenvalue weighted by molar-refractivity contribution is 6.32. The van der Waals surface area contributed by atoms with Gasteiger partial charge in [0, 0.05) is 12.2 Å². The zero-order chi connectivity index (χ0) is 12.9. The monoisotopic (exact) mass is 252 g/mol. The fraction of sp³-hybridized carbons (Fsp3) is 0.462. The Bertz CT molecular complexity index is 424. The van der Waals surface area contributed by atoms with Gasteiger partial charge < -0.3 is 10.1 Å². The molecule has 0 aliphatic heterocycles.